The zero-order valence-corrected chi connectivity index (χ0v) is 42.7. The average molecular weight is 953 g/mol. The summed E-state index contributed by atoms with van der Waals surface area (Å²) >= 11 is 1.36. The van der Waals surface area contributed by atoms with E-state index in [4.69, 9.17) is 0 Å². The fourth-order valence-corrected chi connectivity index (χ4v) is 11.0. The van der Waals surface area contributed by atoms with Gasteiger partial charge in [-0.25, -0.2) is 0 Å². The molecule has 8 aromatic rings. The Bertz CT molecular complexity index is 2430. The van der Waals surface area contributed by atoms with Gasteiger partial charge in [-0.3, -0.25) is 0 Å². The van der Waals surface area contributed by atoms with Crippen molar-refractivity contribution in [3.05, 3.63) is 172 Å². The van der Waals surface area contributed by atoms with Crippen LogP contribution in [-0.4, -0.2) is 6.88 Å². The molecular weight excluding hydrogens is 887 g/mol. The van der Waals surface area contributed by atoms with E-state index in [1.807, 2.05) is 0 Å². The molecule has 62 heavy (non-hydrogen) atoms. The van der Waals surface area contributed by atoms with Crippen LogP contribution in [-0.2, 0) is 36.2 Å². The van der Waals surface area contributed by atoms with Gasteiger partial charge < -0.3 is 14.9 Å². The normalized spacial score (nSPS) is 15.0. The van der Waals surface area contributed by atoms with Crippen LogP contribution in [0.4, 0.5) is 0 Å². The van der Waals surface area contributed by atoms with Gasteiger partial charge in [0.25, 0.3) is 0 Å². The third-order valence-corrected chi connectivity index (χ3v) is 14.3. The summed E-state index contributed by atoms with van der Waals surface area (Å²) in [6.07, 6.45) is 19.2. The molecule has 0 atom stereocenters. The summed E-state index contributed by atoms with van der Waals surface area (Å²) in [6.45, 7) is 7.86. The van der Waals surface area contributed by atoms with Crippen LogP contribution in [0.3, 0.4) is 0 Å². The van der Waals surface area contributed by atoms with Crippen molar-refractivity contribution >= 4 is 74.8 Å². The Morgan fingerprint density at radius 2 is 0.758 bits per heavy atom. The maximum absolute atomic E-state index is 3.06. The molecule has 8 aromatic carbocycles. The Morgan fingerprint density at radius 3 is 1.13 bits per heavy atom. The van der Waals surface area contributed by atoms with Gasteiger partial charge in [0, 0.05) is 0 Å². The molecule has 0 bridgehead atoms. The Hall–Kier alpha value is -3.26. The van der Waals surface area contributed by atoms with Crippen molar-refractivity contribution in [2.75, 3.05) is 0 Å². The van der Waals surface area contributed by atoms with E-state index < -0.39 is 0 Å². The molecule has 4 heteroatoms. The van der Waals surface area contributed by atoms with E-state index in [0.29, 0.717) is 10.8 Å². The number of hydrogen-bond acceptors (Lipinski definition) is 0. The van der Waals surface area contributed by atoms with Crippen molar-refractivity contribution in [2.24, 2.45) is 10.8 Å². The molecule has 2 aliphatic rings. The Labute approximate surface area is 403 Å². The monoisotopic (exact) mass is 950 g/mol. The zero-order chi connectivity index (χ0) is 40.0. The van der Waals surface area contributed by atoms with Gasteiger partial charge in [-0.15, -0.1) is 93.9 Å². The molecule has 324 valence electrons. The van der Waals surface area contributed by atoms with E-state index in [0.717, 1.165) is 0 Å². The quantitative estimate of drug-likeness (QED) is 0.105. The first kappa shape index (κ1) is 51.4. The topological polar surface area (TPSA) is 0 Å². The minimum atomic E-state index is 0. The zero-order valence-electron chi connectivity index (χ0n) is 37.6. The number of hydrogen-bond donors (Lipinski definition) is 0. The molecule has 2 radical (unpaired) electrons. The summed E-state index contributed by atoms with van der Waals surface area (Å²) in [4.78, 5) is 0. The van der Waals surface area contributed by atoms with E-state index >= 15 is 0 Å². The van der Waals surface area contributed by atoms with Crippen molar-refractivity contribution in [1.82, 2.24) is 0 Å². The van der Waals surface area contributed by atoms with E-state index in [2.05, 4.69) is 166 Å². The van der Waals surface area contributed by atoms with Crippen LogP contribution < -0.4 is 0 Å². The van der Waals surface area contributed by atoms with Crippen LogP contribution in [0.25, 0.3) is 65.3 Å². The molecule has 2 saturated carbocycles. The van der Waals surface area contributed by atoms with Gasteiger partial charge in [0.2, 0.25) is 0 Å². The summed E-state index contributed by atoms with van der Waals surface area (Å²) in [5.41, 5.74) is 9.57. The van der Waals surface area contributed by atoms with Crippen molar-refractivity contribution in [3.8, 4) is 22.3 Å². The summed E-state index contributed by atoms with van der Waals surface area (Å²) < 4.78 is 0. The van der Waals surface area contributed by atoms with Gasteiger partial charge in [0.1, 0.15) is 0 Å². The van der Waals surface area contributed by atoms with Crippen molar-refractivity contribution in [3.63, 3.8) is 0 Å². The Kier molecular flexibility index (Phi) is 19.6. The van der Waals surface area contributed by atoms with Crippen LogP contribution in [0.1, 0.15) is 102 Å². The molecule has 2 aliphatic carbocycles. The third-order valence-electron chi connectivity index (χ3n) is 14.3. The van der Waals surface area contributed by atoms with Crippen molar-refractivity contribution in [2.45, 2.75) is 104 Å². The second-order valence-corrected chi connectivity index (χ2v) is 17.6. The van der Waals surface area contributed by atoms with E-state index in [1.165, 1.54) is 190 Å². The standard InChI is InChI=1S/2C28H29.2CH3.2ClH.Si.Zr/c2*1-2-28(16-6-3-7-17-28)20-21-18-23-12-9-15-26(27(23)19-21)25-14-8-11-22-10-4-5-13-24(22)25;;;;;;/h2*4-5,8-15,18-19H,2-3,6-7,16-17,20H2,1H3;2*1H3;2*1H;;/q4*-1;;;;. The molecule has 0 N–H and O–H groups in total. The predicted molar refractivity (Wildman–Crippen MR) is 277 cm³/mol. The maximum atomic E-state index is 3.06. The number of rotatable bonds is 8. The summed E-state index contributed by atoms with van der Waals surface area (Å²) in [7, 11) is 0. The molecule has 0 nitrogen and oxygen atoms in total. The van der Waals surface area contributed by atoms with Gasteiger partial charge in [-0.2, -0.15) is 12.1 Å². The molecule has 0 amide bonds. The predicted octanol–water partition coefficient (Wildman–Crippen LogP) is 17.9. The molecule has 10 rings (SSSR count). The summed E-state index contributed by atoms with van der Waals surface area (Å²) in [5, 5.41) is 10.9. The van der Waals surface area contributed by atoms with Gasteiger partial charge in [0.05, 0.1) is 0 Å². The molecular formula is C58H66Cl2SiZr-4. The van der Waals surface area contributed by atoms with Crippen LogP contribution in [0.15, 0.2) is 146 Å². The molecule has 0 unspecified atom stereocenters. The van der Waals surface area contributed by atoms with Crippen LogP contribution >= 0.6 is 24.8 Å². The van der Waals surface area contributed by atoms with Crippen LogP contribution in [0, 0.1) is 25.7 Å². The summed E-state index contributed by atoms with van der Waals surface area (Å²) in [6, 6.07) is 54.3. The van der Waals surface area contributed by atoms with E-state index in [-0.39, 0.29) is 39.7 Å². The molecule has 0 aromatic heterocycles. The number of halogens is 2. The first-order chi connectivity index (χ1) is 28.6. The average Bonchev–Trinajstić information content (AvgIpc) is 3.90. The van der Waals surface area contributed by atoms with Crippen molar-refractivity contribution in [1.29, 1.82) is 0 Å². The fraction of sp³-hybridized carbons (Fsp3) is 0.310. The molecule has 0 saturated heterocycles. The van der Waals surface area contributed by atoms with Crippen LogP contribution in [0.2, 0.25) is 0 Å². The molecule has 0 aliphatic heterocycles. The third kappa shape index (κ3) is 11.0. The van der Waals surface area contributed by atoms with Gasteiger partial charge >= 0.3 is 30.2 Å². The van der Waals surface area contributed by atoms with Crippen molar-refractivity contribution < 1.29 is 23.3 Å². The Morgan fingerprint density at radius 1 is 0.435 bits per heavy atom. The summed E-state index contributed by atoms with van der Waals surface area (Å²) in [5.74, 6) is 0. The first-order valence-corrected chi connectivity index (χ1v) is 26.3. The Balaban J connectivity index is 0.000000247. The number of fused-ring (bicyclic) bond motifs is 4. The van der Waals surface area contributed by atoms with Gasteiger partial charge in [-0.1, -0.05) is 173 Å². The van der Waals surface area contributed by atoms with Gasteiger partial charge in [-0.05, 0) is 82.0 Å². The SMILES string of the molecule is CCC1(Cc2cc3c(-c4cccc5ccccc45)cccc3[cH-]2)CCCCC1.CCC1(Cc2cc3c(-c4cccc5ccccc45)cccc3[cH-]2)CCCCC1.Cl.Cl.[CH3-].[CH3-].[Si]=[Zr]. The minimum absolute atomic E-state index is 0. The molecule has 0 spiro atoms. The van der Waals surface area contributed by atoms with E-state index in [9.17, 15) is 0 Å². The van der Waals surface area contributed by atoms with E-state index in [1.54, 1.807) is 0 Å². The molecule has 0 heterocycles. The van der Waals surface area contributed by atoms with Crippen LogP contribution in [0.5, 0.6) is 0 Å². The second-order valence-electron chi connectivity index (χ2n) is 17.6. The first-order valence-electron chi connectivity index (χ1n) is 22.1. The molecule has 2 fully saturated rings. The fourth-order valence-electron chi connectivity index (χ4n) is 11.0. The van der Waals surface area contributed by atoms with Gasteiger partial charge in [0.15, 0.2) is 0 Å². The number of benzene rings is 6. The second kappa shape index (κ2) is 23.6.